The Morgan fingerprint density at radius 3 is 2.52 bits per heavy atom. The number of benzene rings is 1. The van der Waals surface area contributed by atoms with Crippen molar-refractivity contribution in [2.75, 3.05) is 19.3 Å². The van der Waals surface area contributed by atoms with Crippen LogP contribution in [-0.4, -0.2) is 46.5 Å². The molecule has 0 spiro atoms. The van der Waals surface area contributed by atoms with Gasteiger partial charge in [0.25, 0.3) is 0 Å². The predicted octanol–water partition coefficient (Wildman–Crippen LogP) is 0.510. The third-order valence-corrected chi connectivity index (χ3v) is 6.97. The highest BCUT2D eigenvalue weighted by atomic mass is 32.2. The van der Waals surface area contributed by atoms with Crippen LogP contribution in [0.1, 0.15) is 18.4 Å². The first-order chi connectivity index (χ1) is 9.67. The molecule has 1 aliphatic rings. The molecule has 1 aromatic rings. The molecule has 21 heavy (non-hydrogen) atoms. The number of nitrogens with two attached hydrogens (primary N) is 1. The van der Waals surface area contributed by atoms with Gasteiger partial charge in [0, 0.05) is 25.4 Å². The molecule has 0 aromatic heterocycles. The number of hydrogen-bond acceptors (Lipinski definition) is 5. The van der Waals surface area contributed by atoms with E-state index in [-0.39, 0.29) is 22.4 Å². The van der Waals surface area contributed by atoms with Gasteiger partial charge in [0.2, 0.25) is 10.0 Å². The van der Waals surface area contributed by atoms with Gasteiger partial charge < -0.3 is 5.73 Å². The molecule has 0 amide bonds. The van der Waals surface area contributed by atoms with Gasteiger partial charge in [-0.05, 0) is 37.5 Å². The predicted molar refractivity (Wildman–Crippen MR) is 80.3 cm³/mol. The summed E-state index contributed by atoms with van der Waals surface area (Å²) in [4.78, 5) is 0.0564. The minimum Gasteiger partial charge on any atom is -0.329 e. The summed E-state index contributed by atoms with van der Waals surface area (Å²) in [6.07, 6.45) is 2.57. The van der Waals surface area contributed by atoms with Crippen molar-refractivity contribution in [3.63, 3.8) is 0 Å². The van der Waals surface area contributed by atoms with Gasteiger partial charge in [0.15, 0.2) is 9.84 Å². The van der Waals surface area contributed by atoms with Crippen molar-refractivity contribution in [3.05, 3.63) is 23.8 Å². The quantitative estimate of drug-likeness (QED) is 0.866. The fourth-order valence-electron chi connectivity index (χ4n) is 2.58. The first-order valence-corrected chi connectivity index (χ1v) is 10.0. The highest BCUT2D eigenvalue weighted by molar-refractivity contribution is 7.91. The number of sulfone groups is 1. The molecule has 0 radical (unpaired) electrons. The van der Waals surface area contributed by atoms with Crippen molar-refractivity contribution in [3.8, 4) is 0 Å². The summed E-state index contributed by atoms with van der Waals surface area (Å²) in [7, 11) is -7.18. The minimum absolute atomic E-state index is 0.00942. The molecule has 2 rings (SSSR count). The summed E-state index contributed by atoms with van der Waals surface area (Å²) in [5, 5.41) is 0. The lowest BCUT2D eigenvalue weighted by Gasteiger charge is -2.24. The SMILES string of the molecule is Cc1ccc(S(C)(=O)=O)cc1S(=O)(=O)N1CCCC1CN. The number of sulfonamides is 1. The van der Waals surface area contributed by atoms with Crippen LogP contribution in [0.5, 0.6) is 0 Å². The fraction of sp³-hybridized carbons (Fsp3) is 0.538. The Morgan fingerprint density at radius 1 is 1.29 bits per heavy atom. The molecule has 1 unspecified atom stereocenters. The second-order valence-electron chi connectivity index (χ2n) is 5.35. The van der Waals surface area contributed by atoms with Gasteiger partial charge in [-0.1, -0.05) is 6.07 Å². The van der Waals surface area contributed by atoms with Crippen molar-refractivity contribution in [1.82, 2.24) is 4.31 Å². The second kappa shape index (κ2) is 5.68. The summed E-state index contributed by atoms with van der Waals surface area (Å²) < 4.78 is 50.2. The second-order valence-corrected chi connectivity index (χ2v) is 9.22. The Kier molecular flexibility index (Phi) is 4.44. The number of hydrogen-bond donors (Lipinski definition) is 1. The number of aryl methyl sites for hydroxylation is 1. The molecule has 0 saturated carbocycles. The Labute approximate surface area is 125 Å². The van der Waals surface area contributed by atoms with Gasteiger partial charge in [-0.3, -0.25) is 0 Å². The van der Waals surface area contributed by atoms with E-state index in [9.17, 15) is 16.8 Å². The summed E-state index contributed by atoms with van der Waals surface area (Å²) in [6, 6.07) is 3.98. The normalized spacial score (nSPS) is 20.8. The molecule has 1 aliphatic heterocycles. The van der Waals surface area contributed by atoms with Gasteiger partial charge in [-0.2, -0.15) is 4.31 Å². The Morgan fingerprint density at radius 2 is 1.95 bits per heavy atom. The monoisotopic (exact) mass is 332 g/mol. The summed E-state index contributed by atoms with van der Waals surface area (Å²) in [5.74, 6) is 0. The van der Waals surface area contributed by atoms with Crippen LogP contribution in [0.3, 0.4) is 0 Å². The van der Waals surface area contributed by atoms with E-state index in [0.29, 0.717) is 12.1 Å². The van der Waals surface area contributed by atoms with Crippen LogP contribution in [0, 0.1) is 6.92 Å². The lowest BCUT2D eigenvalue weighted by molar-refractivity contribution is 0.392. The largest absolute Gasteiger partial charge is 0.329 e. The molecule has 0 bridgehead atoms. The maximum atomic E-state index is 12.8. The molecule has 1 heterocycles. The van der Waals surface area contributed by atoms with Crippen LogP contribution in [0.25, 0.3) is 0 Å². The molecule has 2 N–H and O–H groups in total. The van der Waals surface area contributed by atoms with Crippen molar-refractivity contribution in [2.24, 2.45) is 5.73 Å². The number of rotatable bonds is 4. The van der Waals surface area contributed by atoms with Crippen molar-refractivity contribution >= 4 is 19.9 Å². The summed E-state index contributed by atoms with van der Waals surface area (Å²) >= 11 is 0. The summed E-state index contributed by atoms with van der Waals surface area (Å²) in [6.45, 7) is 2.35. The standard InChI is InChI=1S/C13H20N2O4S2/c1-10-5-6-12(20(2,16)17)8-13(10)21(18,19)15-7-3-4-11(15)9-14/h5-6,8,11H,3-4,7,9,14H2,1-2H3. The molecule has 118 valence electrons. The third kappa shape index (κ3) is 3.13. The maximum Gasteiger partial charge on any atom is 0.243 e. The lowest BCUT2D eigenvalue weighted by atomic mass is 10.2. The molecule has 1 atom stereocenters. The third-order valence-electron chi connectivity index (χ3n) is 3.77. The van der Waals surface area contributed by atoms with E-state index in [2.05, 4.69) is 0 Å². The molecule has 1 aromatic carbocycles. The zero-order valence-corrected chi connectivity index (χ0v) is 13.7. The van der Waals surface area contributed by atoms with Crippen LogP contribution in [0.15, 0.2) is 28.0 Å². The van der Waals surface area contributed by atoms with Crippen molar-refractivity contribution in [1.29, 1.82) is 0 Å². The smallest absolute Gasteiger partial charge is 0.243 e. The van der Waals surface area contributed by atoms with Gasteiger partial charge >= 0.3 is 0 Å². The zero-order chi connectivity index (χ0) is 15.8. The van der Waals surface area contributed by atoms with E-state index >= 15 is 0 Å². The molecule has 1 saturated heterocycles. The molecular formula is C13H20N2O4S2. The summed E-state index contributed by atoms with van der Waals surface area (Å²) in [5.41, 5.74) is 6.17. The molecule has 8 heteroatoms. The van der Waals surface area contributed by atoms with Gasteiger partial charge in [-0.15, -0.1) is 0 Å². The van der Waals surface area contributed by atoms with Gasteiger partial charge in [0.05, 0.1) is 9.79 Å². The van der Waals surface area contributed by atoms with E-state index in [1.165, 1.54) is 22.5 Å². The van der Waals surface area contributed by atoms with Crippen LogP contribution >= 0.6 is 0 Å². The topological polar surface area (TPSA) is 97.5 Å². The Balaban J connectivity index is 2.54. The van der Waals surface area contributed by atoms with E-state index in [1.54, 1.807) is 6.92 Å². The Bertz CT molecular complexity index is 741. The lowest BCUT2D eigenvalue weighted by Crippen LogP contribution is -2.40. The van der Waals surface area contributed by atoms with Crippen LogP contribution < -0.4 is 5.73 Å². The average Bonchev–Trinajstić information content (AvgIpc) is 2.86. The number of nitrogens with zero attached hydrogens (tertiary/aromatic N) is 1. The van der Waals surface area contributed by atoms with Crippen LogP contribution in [0.4, 0.5) is 0 Å². The first-order valence-electron chi connectivity index (χ1n) is 6.70. The van der Waals surface area contributed by atoms with E-state index in [4.69, 9.17) is 5.73 Å². The molecular weight excluding hydrogens is 312 g/mol. The van der Waals surface area contributed by atoms with Crippen LogP contribution in [-0.2, 0) is 19.9 Å². The molecule has 1 fully saturated rings. The highest BCUT2D eigenvalue weighted by Crippen LogP contribution is 2.28. The van der Waals surface area contributed by atoms with Crippen molar-refractivity contribution in [2.45, 2.75) is 35.6 Å². The van der Waals surface area contributed by atoms with E-state index in [0.717, 1.165) is 19.1 Å². The molecule has 0 aliphatic carbocycles. The maximum absolute atomic E-state index is 12.8. The van der Waals surface area contributed by atoms with Crippen LogP contribution in [0.2, 0.25) is 0 Å². The highest BCUT2D eigenvalue weighted by Gasteiger charge is 2.35. The van der Waals surface area contributed by atoms with E-state index < -0.39 is 19.9 Å². The first kappa shape index (κ1) is 16.4. The average molecular weight is 332 g/mol. The van der Waals surface area contributed by atoms with Gasteiger partial charge in [-0.25, -0.2) is 16.8 Å². The minimum atomic E-state index is -3.72. The zero-order valence-electron chi connectivity index (χ0n) is 12.1. The fourth-order valence-corrected chi connectivity index (χ4v) is 5.26. The Hall–Kier alpha value is -0.960. The molecule has 6 nitrogen and oxygen atoms in total. The van der Waals surface area contributed by atoms with Gasteiger partial charge in [0.1, 0.15) is 0 Å². The van der Waals surface area contributed by atoms with Crippen molar-refractivity contribution < 1.29 is 16.8 Å². The van der Waals surface area contributed by atoms with E-state index in [1.807, 2.05) is 0 Å².